The van der Waals surface area contributed by atoms with Crippen molar-refractivity contribution in [3.63, 3.8) is 0 Å². The van der Waals surface area contributed by atoms with Crippen LogP contribution in [0.25, 0.3) is 0 Å². The molecule has 0 radical (unpaired) electrons. The summed E-state index contributed by atoms with van der Waals surface area (Å²) in [4.78, 5) is 28.6. The molecule has 3 heterocycles. The van der Waals surface area contributed by atoms with Gasteiger partial charge in [-0.15, -0.1) is 0 Å². The number of rotatable bonds is 5. The van der Waals surface area contributed by atoms with Crippen molar-refractivity contribution >= 4 is 5.91 Å². The van der Waals surface area contributed by atoms with E-state index in [2.05, 4.69) is 20.6 Å². The van der Waals surface area contributed by atoms with E-state index in [1.54, 1.807) is 0 Å². The molecule has 0 spiro atoms. The molecule has 26 heavy (non-hydrogen) atoms. The smallest absolute Gasteiger partial charge is 0.272 e. The number of ether oxygens (including phenoxy) is 1. The topological polar surface area (TPSA) is 112 Å². The molecule has 1 unspecified atom stereocenters. The maximum Gasteiger partial charge on any atom is 0.272 e. The lowest BCUT2D eigenvalue weighted by Gasteiger charge is -2.28. The molecule has 1 aliphatic heterocycles. The van der Waals surface area contributed by atoms with E-state index in [4.69, 9.17) is 9.26 Å². The molecule has 0 saturated carbocycles. The Bertz CT molecular complexity index is 823. The summed E-state index contributed by atoms with van der Waals surface area (Å²) < 4.78 is 12.0. The van der Waals surface area contributed by atoms with Crippen LogP contribution in [0.3, 0.4) is 0 Å². The monoisotopic (exact) mass is 361 g/mol. The van der Waals surface area contributed by atoms with Crippen LogP contribution < -0.4 is 10.9 Å². The molecule has 3 rings (SSSR count). The molecule has 1 fully saturated rings. The van der Waals surface area contributed by atoms with E-state index in [1.165, 1.54) is 19.2 Å². The fourth-order valence-corrected chi connectivity index (χ4v) is 2.88. The number of nitrogens with one attached hydrogen (secondary N) is 1. The van der Waals surface area contributed by atoms with Crippen LogP contribution in [0.4, 0.5) is 0 Å². The van der Waals surface area contributed by atoms with Crippen LogP contribution in [-0.4, -0.2) is 39.0 Å². The van der Waals surface area contributed by atoms with Crippen molar-refractivity contribution in [1.82, 2.24) is 25.2 Å². The number of carbonyl (C=O) groups excluding carboxylic acids is 1. The second kappa shape index (κ2) is 7.77. The van der Waals surface area contributed by atoms with Gasteiger partial charge in [0.1, 0.15) is 11.7 Å². The van der Waals surface area contributed by atoms with Gasteiger partial charge in [-0.25, -0.2) is 4.68 Å². The summed E-state index contributed by atoms with van der Waals surface area (Å²) in [6.45, 7) is 5.21. The molecule has 1 N–H and O–H groups in total. The lowest BCUT2D eigenvalue weighted by atomic mass is 9.91. The van der Waals surface area contributed by atoms with E-state index >= 15 is 0 Å². The molecule has 9 nitrogen and oxygen atoms in total. The highest BCUT2D eigenvalue weighted by Gasteiger charge is 2.32. The van der Waals surface area contributed by atoms with Crippen molar-refractivity contribution in [2.45, 2.75) is 38.6 Å². The van der Waals surface area contributed by atoms with Gasteiger partial charge in [0.2, 0.25) is 5.89 Å². The fraction of sp³-hybridized carbons (Fsp3) is 0.588. The van der Waals surface area contributed by atoms with E-state index < -0.39 is 6.04 Å². The van der Waals surface area contributed by atoms with Crippen molar-refractivity contribution in [2.75, 3.05) is 13.2 Å². The van der Waals surface area contributed by atoms with Crippen LogP contribution in [-0.2, 0) is 11.8 Å². The molecule has 9 heteroatoms. The van der Waals surface area contributed by atoms with Gasteiger partial charge in [-0.05, 0) is 24.8 Å². The number of nitrogens with zero attached hydrogens (tertiary/aromatic N) is 4. The van der Waals surface area contributed by atoms with Gasteiger partial charge in [-0.2, -0.15) is 10.1 Å². The Hall–Kier alpha value is -2.55. The Morgan fingerprint density at radius 2 is 2.04 bits per heavy atom. The third-order valence-corrected chi connectivity index (χ3v) is 4.46. The highest BCUT2D eigenvalue weighted by molar-refractivity contribution is 5.92. The standard InChI is InChI=1S/C17H23N5O4/c1-10(2)15-19-17(26-21-15)14(11-6-8-25-9-7-11)18-16(24)12-4-5-13(23)22(3)20-12/h4-5,10-11,14H,6-9H2,1-3H3,(H,18,24). The van der Waals surface area contributed by atoms with Gasteiger partial charge < -0.3 is 14.6 Å². The van der Waals surface area contributed by atoms with E-state index in [0.717, 1.165) is 17.5 Å². The molecule has 2 aromatic rings. The summed E-state index contributed by atoms with van der Waals surface area (Å²) in [5, 5.41) is 11.0. The highest BCUT2D eigenvalue weighted by Crippen LogP contribution is 2.30. The van der Waals surface area contributed by atoms with E-state index in [1.807, 2.05) is 13.8 Å². The normalized spacial score (nSPS) is 16.6. The van der Waals surface area contributed by atoms with Gasteiger partial charge in [-0.1, -0.05) is 19.0 Å². The summed E-state index contributed by atoms with van der Waals surface area (Å²) in [6, 6.07) is 2.30. The number of aromatic nitrogens is 4. The predicted octanol–water partition coefficient (Wildman–Crippen LogP) is 1.18. The van der Waals surface area contributed by atoms with Crippen LogP contribution in [0.1, 0.15) is 60.9 Å². The first-order valence-corrected chi connectivity index (χ1v) is 8.72. The molecule has 1 amide bonds. The lowest BCUT2D eigenvalue weighted by Crippen LogP contribution is -2.37. The summed E-state index contributed by atoms with van der Waals surface area (Å²) in [5.74, 6) is 0.858. The quantitative estimate of drug-likeness (QED) is 0.851. The number of aryl methyl sites for hydroxylation is 1. The van der Waals surface area contributed by atoms with Crippen molar-refractivity contribution in [1.29, 1.82) is 0 Å². The van der Waals surface area contributed by atoms with Gasteiger partial charge in [0.15, 0.2) is 5.82 Å². The number of hydrogen-bond donors (Lipinski definition) is 1. The van der Waals surface area contributed by atoms with Crippen LogP contribution >= 0.6 is 0 Å². The number of amides is 1. The fourth-order valence-electron chi connectivity index (χ4n) is 2.88. The molecule has 140 valence electrons. The maximum atomic E-state index is 12.7. The zero-order valence-corrected chi connectivity index (χ0v) is 15.1. The Morgan fingerprint density at radius 3 is 2.65 bits per heavy atom. The Labute approximate surface area is 150 Å². The van der Waals surface area contributed by atoms with Gasteiger partial charge in [-0.3, -0.25) is 9.59 Å². The second-order valence-corrected chi connectivity index (χ2v) is 6.73. The molecular formula is C17H23N5O4. The van der Waals surface area contributed by atoms with Crippen LogP contribution in [0.15, 0.2) is 21.5 Å². The first-order valence-electron chi connectivity index (χ1n) is 8.72. The molecular weight excluding hydrogens is 338 g/mol. The minimum absolute atomic E-state index is 0.126. The third kappa shape index (κ3) is 3.98. The second-order valence-electron chi connectivity index (χ2n) is 6.73. The Balaban J connectivity index is 1.85. The third-order valence-electron chi connectivity index (χ3n) is 4.46. The van der Waals surface area contributed by atoms with Crippen molar-refractivity contribution in [2.24, 2.45) is 13.0 Å². The first-order chi connectivity index (χ1) is 12.5. The van der Waals surface area contributed by atoms with Crippen LogP contribution in [0, 0.1) is 5.92 Å². The number of carbonyl (C=O) groups is 1. The first kappa shape index (κ1) is 18.2. The van der Waals surface area contributed by atoms with Crippen LogP contribution in [0.5, 0.6) is 0 Å². The zero-order chi connectivity index (χ0) is 18.7. The van der Waals surface area contributed by atoms with Gasteiger partial charge in [0, 0.05) is 32.2 Å². The van der Waals surface area contributed by atoms with Gasteiger partial charge in [0.05, 0.1) is 0 Å². The van der Waals surface area contributed by atoms with Crippen LogP contribution in [0.2, 0.25) is 0 Å². The number of hydrogen-bond acceptors (Lipinski definition) is 7. The Kier molecular flexibility index (Phi) is 5.46. The molecule has 0 bridgehead atoms. The van der Waals surface area contributed by atoms with Crippen molar-refractivity contribution in [3.05, 3.63) is 39.9 Å². The molecule has 0 aliphatic carbocycles. The SMILES string of the molecule is CC(C)c1noc(C(NC(=O)c2ccc(=O)n(C)n2)C2CCOCC2)n1. The molecule has 0 aromatic carbocycles. The summed E-state index contributed by atoms with van der Waals surface area (Å²) in [6.07, 6.45) is 1.57. The minimum atomic E-state index is -0.426. The summed E-state index contributed by atoms with van der Waals surface area (Å²) in [5.41, 5.74) is -0.117. The average Bonchev–Trinajstić information content (AvgIpc) is 3.12. The Morgan fingerprint density at radius 1 is 1.31 bits per heavy atom. The molecule has 1 saturated heterocycles. The molecule has 1 aliphatic rings. The summed E-state index contributed by atoms with van der Waals surface area (Å²) in [7, 11) is 1.50. The van der Waals surface area contributed by atoms with E-state index in [-0.39, 0.29) is 29.0 Å². The minimum Gasteiger partial charge on any atom is -0.381 e. The van der Waals surface area contributed by atoms with E-state index in [0.29, 0.717) is 24.9 Å². The largest absolute Gasteiger partial charge is 0.381 e. The summed E-state index contributed by atoms with van der Waals surface area (Å²) >= 11 is 0. The zero-order valence-electron chi connectivity index (χ0n) is 15.1. The van der Waals surface area contributed by atoms with Gasteiger partial charge in [0.25, 0.3) is 11.5 Å². The van der Waals surface area contributed by atoms with Crippen molar-refractivity contribution < 1.29 is 14.1 Å². The maximum absolute atomic E-state index is 12.7. The average molecular weight is 361 g/mol. The highest BCUT2D eigenvalue weighted by atomic mass is 16.5. The van der Waals surface area contributed by atoms with E-state index in [9.17, 15) is 9.59 Å². The predicted molar refractivity (Wildman–Crippen MR) is 91.6 cm³/mol. The molecule has 2 aromatic heterocycles. The van der Waals surface area contributed by atoms with Gasteiger partial charge >= 0.3 is 0 Å². The molecule has 1 atom stereocenters. The van der Waals surface area contributed by atoms with Crippen molar-refractivity contribution in [3.8, 4) is 0 Å². The lowest BCUT2D eigenvalue weighted by molar-refractivity contribution is 0.0466.